The van der Waals surface area contributed by atoms with Gasteiger partial charge < -0.3 is 14.6 Å². The standard InChI is InChI=1S/C11H18N2O3/c1-9(2)10(3,4)16-11(14,15-9)8-6-12-13(5)7-8/h6-7,14H,1-5H3. The number of hydrogen-bond acceptors (Lipinski definition) is 4. The van der Waals surface area contributed by atoms with E-state index < -0.39 is 17.2 Å². The highest BCUT2D eigenvalue weighted by Gasteiger charge is 2.57. The van der Waals surface area contributed by atoms with Crippen molar-refractivity contribution in [1.82, 2.24) is 9.78 Å². The van der Waals surface area contributed by atoms with Gasteiger partial charge in [0, 0.05) is 13.2 Å². The number of rotatable bonds is 1. The zero-order valence-corrected chi connectivity index (χ0v) is 10.3. The summed E-state index contributed by atoms with van der Waals surface area (Å²) in [7, 11) is 1.78. The SMILES string of the molecule is Cn1cc(C2(O)OC(C)(C)C(C)(C)O2)cn1. The predicted molar refractivity (Wildman–Crippen MR) is 57.4 cm³/mol. The van der Waals surface area contributed by atoms with Crippen LogP contribution in [0.2, 0.25) is 0 Å². The van der Waals surface area contributed by atoms with Crippen LogP contribution < -0.4 is 0 Å². The molecular weight excluding hydrogens is 208 g/mol. The summed E-state index contributed by atoms with van der Waals surface area (Å²) in [6.07, 6.45) is 3.22. The molecule has 0 amide bonds. The monoisotopic (exact) mass is 226 g/mol. The molecule has 1 aliphatic heterocycles. The molecule has 1 aliphatic rings. The van der Waals surface area contributed by atoms with E-state index in [-0.39, 0.29) is 0 Å². The van der Waals surface area contributed by atoms with Crippen molar-refractivity contribution in [2.75, 3.05) is 0 Å². The van der Waals surface area contributed by atoms with Gasteiger partial charge in [-0.05, 0) is 27.7 Å². The molecule has 1 aromatic heterocycles. The fourth-order valence-corrected chi connectivity index (χ4v) is 1.66. The van der Waals surface area contributed by atoms with Crippen LogP contribution >= 0.6 is 0 Å². The summed E-state index contributed by atoms with van der Waals surface area (Å²) in [6.45, 7) is 7.56. The summed E-state index contributed by atoms with van der Waals surface area (Å²) in [6, 6.07) is 0. The van der Waals surface area contributed by atoms with Gasteiger partial charge in [0.15, 0.2) is 0 Å². The van der Waals surface area contributed by atoms with Gasteiger partial charge in [-0.25, -0.2) is 0 Å². The number of hydrogen-bond donors (Lipinski definition) is 1. The largest absolute Gasteiger partial charge is 0.339 e. The lowest BCUT2D eigenvalue weighted by molar-refractivity contribution is -0.340. The van der Waals surface area contributed by atoms with E-state index in [1.807, 2.05) is 27.7 Å². The smallest absolute Gasteiger partial charge is 0.313 e. The van der Waals surface area contributed by atoms with Gasteiger partial charge >= 0.3 is 5.97 Å². The lowest BCUT2D eigenvalue weighted by Crippen LogP contribution is -2.41. The van der Waals surface area contributed by atoms with Crippen LogP contribution in [0.4, 0.5) is 0 Å². The minimum Gasteiger partial charge on any atom is -0.339 e. The fraction of sp³-hybridized carbons (Fsp3) is 0.727. The Kier molecular flexibility index (Phi) is 2.21. The maximum Gasteiger partial charge on any atom is 0.313 e. The van der Waals surface area contributed by atoms with Crippen molar-refractivity contribution in [3.8, 4) is 0 Å². The first kappa shape index (κ1) is 11.6. The van der Waals surface area contributed by atoms with Crippen LogP contribution in [0.3, 0.4) is 0 Å². The third-order valence-corrected chi connectivity index (χ3v) is 3.31. The number of aromatic nitrogens is 2. The molecule has 1 fully saturated rings. The highest BCUT2D eigenvalue weighted by molar-refractivity contribution is 5.13. The quantitative estimate of drug-likeness (QED) is 0.779. The second-order valence-corrected chi connectivity index (χ2v) is 5.21. The van der Waals surface area contributed by atoms with Crippen molar-refractivity contribution in [1.29, 1.82) is 0 Å². The molecule has 1 N–H and O–H groups in total. The van der Waals surface area contributed by atoms with Crippen LogP contribution in [-0.2, 0) is 22.5 Å². The first-order chi connectivity index (χ1) is 7.16. The zero-order valence-electron chi connectivity index (χ0n) is 10.3. The molecule has 0 saturated carbocycles. The summed E-state index contributed by atoms with van der Waals surface area (Å²) >= 11 is 0. The van der Waals surface area contributed by atoms with E-state index >= 15 is 0 Å². The minimum absolute atomic E-state index is 0.508. The molecule has 2 heterocycles. The highest BCUT2D eigenvalue weighted by Crippen LogP contribution is 2.46. The summed E-state index contributed by atoms with van der Waals surface area (Å²) in [5, 5.41) is 14.3. The lowest BCUT2D eigenvalue weighted by atomic mass is 9.90. The average molecular weight is 226 g/mol. The predicted octanol–water partition coefficient (Wildman–Crippen LogP) is 1.13. The molecule has 1 saturated heterocycles. The third kappa shape index (κ3) is 1.55. The van der Waals surface area contributed by atoms with Crippen LogP contribution in [0.15, 0.2) is 12.4 Å². The van der Waals surface area contributed by atoms with Crippen molar-refractivity contribution >= 4 is 0 Å². The first-order valence-corrected chi connectivity index (χ1v) is 5.28. The molecule has 2 rings (SSSR count). The second-order valence-electron chi connectivity index (χ2n) is 5.21. The molecule has 90 valence electrons. The van der Waals surface area contributed by atoms with Gasteiger partial charge in [-0.15, -0.1) is 0 Å². The first-order valence-electron chi connectivity index (χ1n) is 5.28. The maximum absolute atomic E-state index is 10.3. The van der Waals surface area contributed by atoms with Crippen LogP contribution in [-0.4, -0.2) is 26.1 Å². The molecule has 0 unspecified atom stereocenters. The Hall–Kier alpha value is -0.910. The molecule has 0 aromatic carbocycles. The topological polar surface area (TPSA) is 56.5 Å². The van der Waals surface area contributed by atoms with Crippen LogP contribution in [0.5, 0.6) is 0 Å². The molecule has 5 heteroatoms. The number of aryl methyl sites for hydroxylation is 1. The summed E-state index contributed by atoms with van der Waals surface area (Å²) < 4.78 is 12.9. The third-order valence-electron chi connectivity index (χ3n) is 3.31. The normalized spacial score (nSPS) is 25.9. The van der Waals surface area contributed by atoms with Crippen molar-refractivity contribution < 1.29 is 14.6 Å². The number of nitrogens with zero attached hydrogens (tertiary/aromatic N) is 2. The van der Waals surface area contributed by atoms with E-state index in [4.69, 9.17) is 9.47 Å². The van der Waals surface area contributed by atoms with Crippen LogP contribution in [0.25, 0.3) is 0 Å². The Morgan fingerprint density at radius 1 is 1.19 bits per heavy atom. The Morgan fingerprint density at radius 2 is 1.69 bits per heavy atom. The molecule has 0 radical (unpaired) electrons. The van der Waals surface area contributed by atoms with E-state index in [9.17, 15) is 5.11 Å². The minimum atomic E-state index is -1.71. The number of ether oxygens (including phenoxy) is 2. The fourth-order valence-electron chi connectivity index (χ4n) is 1.66. The molecule has 1 aromatic rings. The Bertz CT molecular complexity index is 393. The van der Waals surface area contributed by atoms with Gasteiger partial charge in [0.25, 0.3) is 0 Å². The molecule has 0 spiro atoms. The highest BCUT2D eigenvalue weighted by atomic mass is 16.9. The van der Waals surface area contributed by atoms with E-state index in [1.54, 1.807) is 17.9 Å². The Morgan fingerprint density at radius 3 is 2.06 bits per heavy atom. The van der Waals surface area contributed by atoms with Gasteiger partial charge in [0.2, 0.25) is 0 Å². The van der Waals surface area contributed by atoms with Crippen LogP contribution in [0.1, 0.15) is 33.3 Å². The Balaban J connectivity index is 2.37. The molecule has 0 aliphatic carbocycles. The summed E-state index contributed by atoms with van der Waals surface area (Å²) in [4.78, 5) is 0. The van der Waals surface area contributed by atoms with Crippen LogP contribution in [0, 0.1) is 0 Å². The van der Waals surface area contributed by atoms with E-state index in [1.165, 1.54) is 6.20 Å². The van der Waals surface area contributed by atoms with E-state index in [0.717, 1.165) is 0 Å². The van der Waals surface area contributed by atoms with Gasteiger partial charge in [-0.2, -0.15) is 5.10 Å². The Labute approximate surface area is 95.0 Å². The van der Waals surface area contributed by atoms with Gasteiger partial charge in [0.05, 0.1) is 23.0 Å². The molecular formula is C11H18N2O3. The van der Waals surface area contributed by atoms with Gasteiger partial charge in [-0.1, -0.05) is 0 Å². The van der Waals surface area contributed by atoms with Gasteiger partial charge in [0.1, 0.15) is 0 Å². The molecule has 5 nitrogen and oxygen atoms in total. The molecule has 16 heavy (non-hydrogen) atoms. The number of aliphatic hydroxyl groups is 1. The average Bonchev–Trinajstić information content (AvgIpc) is 2.54. The van der Waals surface area contributed by atoms with Crippen molar-refractivity contribution in [3.63, 3.8) is 0 Å². The summed E-state index contributed by atoms with van der Waals surface area (Å²) in [5.74, 6) is -1.71. The van der Waals surface area contributed by atoms with Crippen molar-refractivity contribution in [2.24, 2.45) is 7.05 Å². The van der Waals surface area contributed by atoms with Crippen molar-refractivity contribution in [2.45, 2.75) is 44.9 Å². The summed E-state index contributed by atoms with van der Waals surface area (Å²) in [5.41, 5.74) is -0.636. The van der Waals surface area contributed by atoms with E-state index in [0.29, 0.717) is 5.56 Å². The molecule has 0 atom stereocenters. The van der Waals surface area contributed by atoms with E-state index in [2.05, 4.69) is 5.10 Å². The zero-order chi connectivity index (χ0) is 12.2. The van der Waals surface area contributed by atoms with Crippen molar-refractivity contribution in [3.05, 3.63) is 18.0 Å². The lowest BCUT2D eigenvalue weighted by Gasteiger charge is -2.29. The second kappa shape index (κ2) is 3.06. The van der Waals surface area contributed by atoms with Gasteiger partial charge in [-0.3, -0.25) is 4.68 Å². The maximum atomic E-state index is 10.3. The molecule has 0 bridgehead atoms.